The molecule has 100 valence electrons. The Balaban J connectivity index is 2.53. The number of nitrogens with one attached hydrogen (secondary N) is 1. The first kappa shape index (κ1) is 16.1. The summed E-state index contributed by atoms with van der Waals surface area (Å²) in [5.74, 6) is 1.09. The number of benzene rings is 1. The fraction of sp³-hybridized carbons (Fsp3) is 0.462. The van der Waals surface area contributed by atoms with Crippen molar-refractivity contribution < 1.29 is 4.79 Å². The molecule has 1 rings (SSSR count). The van der Waals surface area contributed by atoms with Crippen LogP contribution in [-0.4, -0.2) is 16.9 Å². The molecule has 2 nitrogen and oxygen atoms in total. The molecule has 1 amide bonds. The van der Waals surface area contributed by atoms with Gasteiger partial charge in [-0.2, -0.15) is 0 Å². The molecular weight excluding hydrogens is 378 g/mol. The molecule has 0 aliphatic carbocycles. The molecule has 1 N–H and O–H groups in total. The first-order valence-electron chi connectivity index (χ1n) is 5.92. The molecule has 0 saturated carbocycles. The highest BCUT2D eigenvalue weighted by molar-refractivity contribution is 9.11. The normalized spacial score (nSPS) is 12.2. The van der Waals surface area contributed by atoms with Crippen molar-refractivity contribution in [2.45, 2.75) is 31.9 Å². The van der Waals surface area contributed by atoms with E-state index in [9.17, 15) is 4.79 Å². The van der Waals surface area contributed by atoms with Gasteiger partial charge in [0.2, 0.25) is 5.91 Å². The van der Waals surface area contributed by atoms with Crippen molar-refractivity contribution in [2.75, 3.05) is 11.1 Å². The fourth-order valence-corrected chi connectivity index (χ4v) is 3.47. The fourth-order valence-electron chi connectivity index (χ4n) is 1.31. The summed E-state index contributed by atoms with van der Waals surface area (Å²) in [5.41, 5.74) is 0.811. The number of amides is 1. The lowest BCUT2D eigenvalue weighted by atomic mass is 10.3. The third kappa shape index (κ3) is 5.33. The predicted molar refractivity (Wildman–Crippen MR) is 87.3 cm³/mol. The molecule has 1 atom stereocenters. The number of rotatable bonds is 6. The van der Waals surface area contributed by atoms with Crippen LogP contribution in [0.5, 0.6) is 0 Å². The first-order valence-corrected chi connectivity index (χ1v) is 8.55. The third-order valence-corrected chi connectivity index (χ3v) is 4.81. The second-order valence-corrected chi connectivity index (χ2v) is 7.20. The molecule has 1 aromatic rings. The molecule has 0 radical (unpaired) electrons. The van der Waals surface area contributed by atoms with E-state index >= 15 is 0 Å². The largest absolute Gasteiger partial charge is 0.324 e. The lowest BCUT2D eigenvalue weighted by Crippen LogP contribution is -2.23. The molecule has 18 heavy (non-hydrogen) atoms. The molecule has 0 saturated heterocycles. The number of hydrogen-bond acceptors (Lipinski definition) is 2. The molecule has 0 aromatic heterocycles. The summed E-state index contributed by atoms with van der Waals surface area (Å²) in [6, 6.07) is 5.72. The van der Waals surface area contributed by atoms with Crippen LogP contribution in [0.2, 0.25) is 0 Å². The number of unbranched alkanes of at least 4 members (excludes halogenated alkanes) is 1. The van der Waals surface area contributed by atoms with Gasteiger partial charge in [-0.3, -0.25) is 4.79 Å². The van der Waals surface area contributed by atoms with Gasteiger partial charge in [0.05, 0.1) is 10.9 Å². The van der Waals surface area contributed by atoms with Gasteiger partial charge in [-0.25, -0.2) is 0 Å². The number of hydrogen-bond donors (Lipinski definition) is 1. The molecule has 0 spiro atoms. The van der Waals surface area contributed by atoms with Crippen molar-refractivity contribution in [3.63, 3.8) is 0 Å². The molecule has 0 aliphatic rings. The number of halogens is 2. The summed E-state index contributed by atoms with van der Waals surface area (Å²) < 4.78 is 1.87. The lowest BCUT2D eigenvalue weighted by Gasteiger charge is -2.13. The van der Waals surface area contributed by atoms with Crippen LogP contribution in [-0.2, 0) is 4.79 Å². The van der Waals surface area contributed by atoms with Crippen LogP contribution >= 0.6 is 43.6 Å². The van der Waals surface area contributed by atoms with Gasteiger partial charge in [0.1, 0.15) is 0 Å². The Labute approximate surface area is 130 Å². The van der Waals surface area contributed by atoms with E-state index in [0.29, 0.717) is 0 Å². The van der Waals surface area contributed by atoms with Gasteiger partial charge < -0.3 is 5.32 Å². The monoisotopic (exact) mass is 393 g/mol. The van der Waals surface area contributed by atoms with Gasteiger partial charge in [-0.05, 0) is 53.2 Å². The van der Waals surface area contributed by atoms with E-state index in [1.165, 1.54) is 6.42 Å². The molecule has 0 aliphatic heterocycles. The minimum Gasteiger partial charge on any atom is -0.324 e. The van der Waals surface area contributed by atoms with Crippen molar-refractivity contribution in [3.8, 4) is 0 Å². The van der Waals surface area contributed by atoms with Gasteiger partial charge >= 0.3 is 0 Å². The minimum absolute atomic E-state index is 0.0212. The Bertz CT molecular complexity index is 412. The van der Waals surface area contributed by atoms with Crippen LogP contribution in [0, 0.1) is 0 Å². The Morgan fingerprint density at radius 2 is 2.17 bits per heavy atom. The maximum absolute atomic E-state index is 12.0. The minimum atomic E-state index is -0.0212. The summed E-state index contributed by atoms with van der Waals surface area (Å²) >= 11 is 8.52. The van der Waals surface area contributed by atoms with Crippen molar-refractivity contribution in [2.24, 2.45) is 0 Å². The average molecular weight is 395 g/mol. The van der Waals surface area contributed by atoms with Crippen LogP contribution in [0.4, 0.5) is 5.69 Å². The van der Waals surface area contributed by atoms with Crippen LogP contribution in [0.3, 0.4) is 0 Å². The van der Waals surface area contributed by atoms with Crippen LogP contribution in [0.1, 0.15) is 26.7 Å². The van der Waals surface area contributed by atoms with Crippen LogP contribution < -0.4 is 5.32 Å². The Morgan fingerprint density at radius 1 is 1.44 bits per heavy atom. The third-order valence-electron chi connectivity index (χ3n) is 2.42. The second-order valence-electron chi connectivity index (χ2n) is 3.98. The predicted octanol–water partition coefficient (Wildman–Crippen LogP) is 5.07. The summed E-state index contributed by atoms with van der Waals surface area (Å²) in [6.07, 6.45) is 2.32. The van der Waals surface area contributed by atoms with E-state index in [-0.39, 0.29) is 11.2 Å². The highest BCUT2D eigenvalue weighted by atomic mass is 79.9. The average Bonchev–Trinajstić information content (AvgIpc) is 2.32. The van der Waals surface area contributed by atoms with Crippen LogP contribution in [0.25, 0.3) is 0 Å². The van der Waals surface area contributed by atoms with E-state index in [0.717, 1.165) is 26.8 Å². The van der Waals surface area contributed by atoms with E-state index < -0.39 is 0 Å². The topological polar surface area (TPSA) is 29.1 Å². The van der Waals surface area contributed by atoms with Gasteiger partial charge in [0.25, 0.3) is 0 Å². The van der Waals surface area contributed by atoms with E-state index in [2.05, 4.69) is 44.1 Å². The van der Waals surface area contributed by atoms with Crippen molar-refractivity contribution in [1.82, 2.24) is 0 Å². The smallest absolute Gasteiger partial charge is 0.237 e. The van der Waals surface area contributed by atoms with Gasteiger partial charge in [0.15, 0.2) is 0 Å². The van der Waals surface area contributed by atoms with E-state index in [4.69, 9.17) is 0 Å². The zero-order chi connectivity index (χ0) is 13.5. The quantitative estimate of drug-likeness (QED) is 0.682. The molecular formula is C13H17Br2NOS. The Hall–Kier alpha value is -0.000000000000000111. The Morgan fingerprint density at radius 3 is 2.78 bits per heavy atom. The molecule has 1 unspecified atom stereocenters. The van der Waals surface area contributed by atoms with E-state index in [1.807, 2.05) is 25.1 Å². The summed E-state index contributed by atoms with van der Waals surface area (Å²) in [5, 5.41) is 2.92. The SMILES string of the molecule is CCCCSC(C)C(=O)Nc1ccc(Br)cc1Br. The van der Waals surface area contributed by atoms with Crippen molar-refractivity contribution in [3.05, 3.63) is 27.1 Å². The van der Waals surface area contributed by atoms with Crippen molar-refractivity contribution >= 4 is 55.2 Å². The second kappa shape index (κ2) is 8.23. The summed E-state index contributed by atoms with van der Waals surface area (Å²) in [7, 11) is 0. The molecule has 1 aromatic carbocycles. The van der Waals surface area contributed by atoms with Crippen LogP contribution in [0.15, 0.2) is 27.1 Å². The zero-order valence-corrected chi connectivity index (χ0v) is 14.5. The zero-order valence-electron chi connectivity index (χ0n) is 10.5. The first-order chi connectivity index (χ1) is 8.54. The molecule has 0 heterocycles. The number of carbonyl (C=O) groups is 1. The number of anilines is 1. The maximum atomic E-state index is 12.0. The van der Waals surface area contributed by atoms with Gasteiger partial charge in [-0.15, -0.1) is 11.8 Å². The molecule has 0 fully saturated rings. The highest BCUT2D eigenvalue weighted by Gasteiger charge is 2.14. The van der Waals surface area contributed by atoms with Crippen molar-refractivity contribution in [1.29, 1.82) is 0 Å². The number of thioether (sulfide) groups is 1. The summed E-state index contributed by atoms with van der Waals surface area (Å²) in [4.78, 5) is 12.0. The molecule has 0 bridgehead atoms. The Kier molecular flexibility index (Phi) is 7.34. The highest BCUT2D eigenvalue weighted by Crippen LogP contribution is 2.27. The maximum Gasteiger partial charge on any atom is 0.237 e. The van der Waals surface area contributed by atoms with E-state index in [1.54, 1.807) is 11.8 Å². The molecule has 5 heteroatoms. The van der Waals surface area contributed by atoms with Gasteiger partial charge in [-0.1, -0.05) is 29.3 Å². The standard InChI is InChI=1S/C13H17Br2NOS/c1-3-4-7-18-9(2)13(17)16-12-6-5-10(14)8-11(12)15/h5-6,8-9H,3-4,7H2,1-2H3,(H,16,17). The summed E-state index contributed by atoms with van der Waals surface area (Å²) in [6.45, 7) is 4.10. The van der Waals surface area contributed by atoms with Gasteiger partial charge in [0, 0.05) is 8.95 Å². The lowest BCUT2D eigenvalue weighted by molar-refractivity contribution is -0.115. The number of carbonyl (C=O) groups excluding carboxylic acids is 1.